The van der Waals surface area contributed by atoms with E-state index in [4.69, 9.17) is 9.84 Å². The van der Waals surface area contributed by atoms with E-state index < -0.39 is 0 Å². The van der Waals surface area contributed by atoms with Crippen molar-refractivity contribution in [1.29, 1.82) is 0 Å². The number of aliphatic hydroxyl groups excluding tert-OH is 1. The van der Waals surface area contributed by atoms with Crippen LogP contribution in [0.4, 0.5) is 0 Å². The smallest absolute Gasteiger partial charge is 0.188 e. The maximum absolute atomic E-state index is 8.50. The monoisotopic (exact) mass is 228 g/mol. The fraction of sp³-hybridized carbons (Fsp3) is 0.600. The zero-order chi connectivity index (χ0) is 11.1. The lowest BCUT2D eigenvalue weighted by atomic mass is 10.4. The number of aliphatic hydroxyl groups is 1. The topological polar surface area (TPSA) is 55.2 Å². The molecule has 15 heavy (non-hydrogen) atoms. The lowest BCUT2D eigenvalue weighted by Crippen LogP contribution is -2.03. The van der Waals surface area contributed by atoms with Gasteiger partial charge in [0.15, 0.2) is 5.16 Å². The number of hydrogen-bond acceptors (Lipinski definition) is 5. The molecule has 1 aromatic heterocycles. The van der Waals surface area contributed by atoms with Gasteiger partial charge in [0.1, 0.15) is 0 Å². The molecule has 1 N–H and O–H groups in total. The molecule has 0 unspecified atom stereocenters. The van der Waals surface area contributed by atoms with Crippen LogP contribution in [0.2, 0.25) is 0 Å². The molecule has 0 radical (unpaired) electrons. The zero-order valence-corrected chi connectivity index (χ0v) is 9.88. The van der Waals surface area contributed by atoms with Gasteiger partial charge in [0.05, 0.1) is 19.8 Å². The molecule has 84 valence electrons. The molecule has 0 aromatic carbocycles. The number of aromatic nitrogens is 2. The first-order chi connectivity index (χ1) is 7.22. The van der Waals surface area contributed by atoms with Crippen LogP contribution < -0.4 is 0 Å². The summed E-state index contributed by atoms with van der Waals surface area (Å²) < 4.78 is 5.14. The van der Waals surface area contributed by atoms with E-state index in [-0.39, 0.29) is 6.61 Å². The summed E-state index contributed by atoms with van der Waals surface area (Å²) in [4.78, 5) is 8.60. The van der Waals surface area contributed by atoms with Crippen LogP contribution in [0.1, 0.15) is 11.4 Å². The Hall–Kier alpha value is -0.650. The van der Waals surface area contributed by atoms with Crippen molar-refractivity contribution < 1.29 is 9.84 Å². The van der Waals surface area contributed by atoms with Gasteiger partial charge in [-0.3, -0.25) is 0 Å². The Morgan fingerprint density at radius 3 is 2.53 bits per heavy atom. The fourth-order valence-electron chi connectivity index (χ4n) is 1.12. The highest BCUT2D eigenvalue weighted by Crippen LogP contribution is 2.13. The molecule has 0 aliphatic carbocycles. The number of rotatable bonds is 6. The standard InChI is InChI=1S/C10H16N2O2S/c1-8-7-9(2)12-10(11-8)15-6-5-14-4-3-13/h7,13H,3-6H2,1-2H3. The molecule has 4 nitrogen and oxygen atoms in total. The molecule has 0 atom stereocenters. The Labute approximate surface area is 94.1 Å². The van der Waals surface area contributed by atoms with Crippen LogP contribution in [-0.4, -0.2) is 40.6 Å². The second kappa shape index (κ2) is 6.76. The van der Waals surface area contributed by atoms with Gasteiger partial charge in [-0.1, -0.05) is 11.8 Å². The molecule has 0 spiro atoms. The van der Waals surface area contributed by atoms with Crippen molar-refractivity contribution in [2.24, 2.45) is 0 Å². The number of hydrogen-bond donors (Lipinski definition) is 1. The van der Waals surface area contributed by atoms with E-state index in [1.807, 2.05) is 19.9 Å². The van der Waals surface area contributed by atoms with Crippen LogP contribution in [-0.2, 0) is 4.74 Å². The lowest BCUT2D eigenvalue weighted by Gasteiger charge is -2.03. The summed E-state index contributed by atoms with van der Waals surface area (Å²) in [5, 5.41) is 9.29. The Morgan fingerprint density at radius 2 is 1.93 bits per heavy atom. The van der Waals surface area contributed by atoms with Gasteiger partial charge in [-0.2, -0.15) is 0 Å². The van der Waals surface area contributed by atoms with Crippen molar-refractivity contribution in [3.8, 4) is 0 Å². The quantitative estimate of drug-likeness (QED) is 0.450. The highest BCUT2D eigenvalue weighted by molar-refractivity contribution is 7.99. The number of nitrogens with zero attached hydrogens (tertiary/aromatic N) is 2. The molecule has 0 aliphatic rings. The molecule has 0 aliphatic heterocycles. The van der Waals surface area contributed by atoms with Gasteiger partial charge >= 0.3 is 0 Å². The van der Waals surface area contributed by atoms with E-state index in [0.29, 0.717) is 13.2 Å². The van der Waals surface area contributed by atoms with E-state index in [1.54, 1.807) is 11.8 Å². The van der Waals surface area contributed by atoms with Crippen molar-refractivity contribution in [3.63, 3.8) is 0 Å². The third-order valence-electron chi connectivity index (χ3n) is 1.66. The third kappa shape index (κ3) is 5.11. The molecule has 0 saturated carbocycles. The molecular weight excluding hydrogens is 212 g/mol. The van der Waals surface area contributed by atoms with Crippen LogP contribution in [0.3, 0.4) is 0 Å². The molecule has 5 heteroatoms. The molecule has 0 amide bonds. The number of thioether (sulfide) groups is 1. The summed E-state index contributed by atoms with van der Waals surface area (Å²) in [5.74, 6) is 0.808. The van der Waals surface area contributed by atoms with E-state index >= 15 is 0 Å². The van der Waals surface area contributed by atoms with Gasteiger partial charge in [-0.05, 0) is 19.9 Å². The van der Waals surface area contributed by atoms with Crippen LogP contribution in [0.15, 0.2) is 11.2 Å². The van der Waals surface area contributed by atoms with E-state index in [9.17, 15) is 0 Å². The second-order valence-electron chi connectivity index (χ2n) is 3.12. The van der Waals surface area contributed by atoms with Crippen LogP contribution >= 0.6 is 11.8 Å². The molecule has 1 aromatic rings. The van der Waals surface area contributed by atoms with Gasteiger partial charge in [-0.25, -0.2) is 9.97 Å². The second-order valence-corrected chi connectivity index (χ2v) is 4.18. The summed E-state index contributed by atoms with van der Waals surface area (Å²) in [6, 6.07) is 1.95. The summed E-state index contributed by atoms with van der Waals surface area (Å²) >= 11 is 1.57. The maximum atomic E-state index is 8.50. The van der Waals surface area contributed by atoms with E-state index in [2.05, 4.69) is 9.97 Å². The van der Waals surface area contributed by atoms with Crippen LogP contribution in [0.25, 0.3) is 0 Å². The minimum Gasteiger partial charge on any atom is -0.394 e. The first-order valence-electron chi connectivity index (χ1n) is 4.86. The van der Waals surface area contributed by atoms with Gasteiger partial charge in [0.25, 0.3) is 0 Å². The zero-order valence-electron chi connectivity index (χ0n) is 9.06. The van der Waals surface area contributed by atoms with E-state index in [1.165, 1.54) is 0 Å². The van der Waals surface area contributed by atoms with Crippen LogP contribution in [0.5, 0.6) is 0 Å². The summed E-state index contributed by atoms with van der Waals surface area (Å²) in [6.07, 6.45) is 0. The van der Waals surface area contributed by atoms with Gasteiger partial charge in [0.2, 0.25) is 0 Å². The molecule has 0 bridgehead atoms. The predicted octanol–water partition coefficient (Wildman–Crippen LogP) is 1.19. The minimum atomic E-state index is 0.0741. The van der Waals surface area contributed by atoms with Crippen molar-refractivity contribution in [2.75, 3.05) is 25.6 Å². The Morgan fingerprint density at radius 1 is 1.27 bits per heavy atom. The number of aryl methyl sites for hydroxylation is 2. The molecule has 0 fully saturated rings. The largest absolute Gasteiger partial charge is 0.394 e. The first kappa shape index (κ1) is 12.4. The van der Waals surface area contributed by atoms with Gasteiger partial charge in [0, 0.05) is 17.1 Å². The molecule has 0 saturated heterocycles. The minimum absolute atomic E-state index is 0.0741. The van der Waals surface area contributed by atoms with Crippen molar-refractivity contribution in [2.45, 2.75) is 19.0 Å². The summed E-state index contributed by atoms with van der Waals surface area (Å²) in [6.45, 7) is 5.00. The average Bonchev–Trinajstić information content (AvgIpc) is 2.16. The summed E-state index contributed by atoms with van der Waals surface area (Å²) in [7, 11) is 0. The highest BCUT2D eigenvalue weighted by Gasteiger charge is 1.99. The average molecular weight is 228 g/mol. The van der Waals surface area contributed by atoms with E-state index in [0.717, 1.165) is 22.3 Å². The molecule has 1 rings (SSSR count). The highest BCUT2D eigenvalue weighted by atomic mass is 32.2. The Bertz CT molecular complexity index is 287. The number of ether oxygens (including phenoxy) is 1. The molecule has 1 heterocycles. The summed E-state index contributed by atoms with van der Waals surface area (Å²) in [5.41, 5.74) is 1.97. The first-order valence-corrected chi connectivity index (χ1v) is 5.84. The van der Waals surface area contributed by atoms with Crippen molar-refractivity contribution >= 4 is 11.8 Å². The third-order valence-corrected chi connectivity index (χ3v) is 2.47. The maximum Gasteiger partial charge on any atom is 0.188 e. The van der Waals surface area contributed by atoms with Crippen LogP contribution in [0, 0.1) is 13.8 Å². The predicted molar refractivity (Wildman–Crippen MR) is 60.1 cm³/mol. The molecular formula is C10H16N2O2S. The SMILES string of the molecule is Cc1cc(C)nc(SCCOCCO)n1. The Balaban J connectivity index is 2.31. The van der Waals surface area contributed by atoms with Crippen molar-refractivity contribution in [1.82, 2.24) is 9.97 Å². The Kier molecular flexibility index (Phi) is 5.60. The van der Waals surface area contributed by atoms with Gasteiger partial charge in [-0.15, -0.1) is 0 Å². The normalized spacial score (nSPS) is 10.6. The lowest BCUT2D eigenvalue weighted by molar-refractivity contribution is 0.103. The van der Waals surface area contributed by atoms with Crippen molar-refractivity contribution in [3.05, 3.63) is 17.5 Å². The fourth-order valence-corrected chi connectivity index (χ4v) is 1.92. The van der Waals surface area contributed by atoms with Gasteiger partial charge < -0.3 is 9.84 Å².